The summed E-state index contributed by atoms with van der Waals surface area (Å²) in [5.41, 5.74) is 10.4. The molecule has 0 aliphatic heterocycles. The van der Waals surface area contributed by atoms with Crippen LogP contribution in [-0.4, -0.2) is 37.4 Å². The summed E-state index contributed by atoms with van der Waals surface area (Å²) in [7, 11) is 0. The monoisotopic (exact) mass is 464 g/mol. The Bertz CT molecular complexity index is 1280. The van der Waals surface area contributed by atoms with Crippen molar-refractivity contribution in [2.24, 2.45) is 5.10 Å². The average Bonchev–Trinajstić information content (AvgIpc) is 3.45. The summed E-state index contributed by atoms with van der Waals surface area (Å²) in [6.07, 6.45) is 2.73. The lowest BCUT2D eigenvalue weighted by Crippen LogP contribution is -2.20. The summed E-state index contributed by atoms with van der Waals surface area (Å²) in [6.45, 7) is 2.27. The Morgan fingerprint density at radius 1 is 1.21 bits per heavy atom. The minimum absolute atomic E-state index is 0.0392. The molecule has 0 saturated heterocycles. The number of benzene rings is 2. The first-order valence-corrected chi connectivity index (χ1v) is 10.4. The molecule has 0 spiro atoms. The van der Waals surface area contributed by atoms with Gasteiger partial charge in [0.05, 0.1) is 11.9 Å². The number of ether oxygens (including phenoxy) is 1. The van der Waals surface area contributed by atoms with E-state index in [0.29, 0.717) is 24.5 Å². The predicted octanol–water partition coefficient (Wildman–Crippen LogP) is 2.67. The zero-order chi connectivity index (χ0) is 23.9. The Morgan fingerprint density at radius 3 is 2.65 bits per heavy atom. The molecule has 0 aliphatic carbocycles. The molecule has 2 aromatic carbocycles. The predicted molar refractivity (Wildman–Crippen MR) is 120 cm³/mol. The number of rotatable bonds is 9. The maximum atomic E-state index is 13.0. The van der Waals surface area contributed by atoms with Gasteiger partial charge in [-0.3, -0.25) is 4.79 Å². The van der Waals surface area contributed by atoms with Crippen molar-refractivity contribution in [1.82, 2.24) is 30.7 Å². The van der Waals surface area contributed by atoms with Crippen molar-refractivity contribution < 1.29 is 18.6 Å². The van der Waals surface area contributed by atoms with Gasteiger partial charge in [0, 0.05) is 0 Å². The Kier molecular flexibility index (Phi) is 6.87. The number of halogens is 1. The maximum Gasteiger partial charge on any atom is 0.293 e. The van der Waals surface area contributed by atoms with Gasteiger partial charge < -0.3 is 10.5 Å². The second kappa shape index (κ2) is 10.3. The van der Waals surface area contributed by atoms with E-state index in [1.165, 1.54) is 23.0 Å². The molecule has 1 amide bonds. The van der Waals surface area contributed by atoms with E-state index in [2.05, 4.69) is 35.8 Å². The molecule has 34 heavy (non-hydrogen) atoms. The second-order valence-electron chi connectivity index (χ2n) is 7.20. The van der Waals surface area contributed by atoms with Gasteiger partial charge in [0.25, 0.3) is 5.91 Å². The van der Waals surface area contributed by atoms with Crippen LogP contribution in [0.3, 0.4) is 0 Å². The number of amides is 1. The van der Waals surface area contributed by atoms with Gasteiger partial charge in [-0.2, -0.15) is 9.78 Å². The van der Waals surface area contributed by atoms with E-state index in [4.69, 9.17) is 10.5 Å². The lowest BCUT2D eigenvalue weighted by Gasteiger charge is -2.06. The first-order valence-electron chi connectivity index (χ1n) is 10.4. The third-order valence-electron chi connectivity index (χ3n) is 4.74. The molecule has 174 valence electrons. The lowest BCUT2D eigenvalue weighted by atomic mass is 10.2. The topological polar surface area (TPSA) is 146 Å². The van der Waals surface area contributed by atoms with Crippen LogP contribution >= 0.6 is 0 Å². The molecule has 0 unspecified atom stereocenters. The van der Waals surface area contributed by atoms with Crippen LogP contribution in [0.15, 0.2) is 58.3 Å². The molecular formula is C22H21FN8O3. The molecule has 0 aliphatic rings. The Morgan fingerprint density at radius 2 is 1.97 bits per heavy atom. The highest BCUT2D eigenvalue weighted by molar-refractivity contribution is 5.94. The van der Waals surface area contributed by atoms with Crippen LogP contribution < -0.4 is 15.9 Å². The molecule has 2 heterocycles. The van der Waals surface area contributed by atoms with Crippen LogP contribution in [0.2, 0.25) is 0 Å². The molecule has 4 aromatic rings. The van der Waals surface area contributed by atoms with Crippen molar-refractivity contribution in [3.8, 4) is 11.6 Å². The summed E-state index contributed by atoms with van der Waals surface area (Å²) < 4.78 is 24.6. The van der Waals surface area contributed by atoms with Crippen LogP contribution in [0, 0.1) is 5.82 Å². The molecule has 0 radical (unpaired) electrons. The Hall–Kier alpha value is -4.61. The quantitative estimate of drug-likeness (QED) is 0.284. The van der Waals surface area contributed by atoms with Gasteiger partial charge in [-0.1, -0.05) is 30.7 Å². The standard InChI is InChI=1S/C22H21FN8O3/c1-2-3-18-19(26-30-31(18)21-20(24)28-34-29-21)22(32)27-25-12-14-6-10-17(11-7-14)33-13-15-4-8-16(23)9-5-15/h4-12H,2-3,13H2,1H3,(H2,24,28)(H,27,32). The highest BCUT2D eigenvalue weighted by Crippen LogP contribution is 2.17. The van der Waals surface area contributed by atoms with E-state index in [1.54, 1.807) is 36.4 Å². The molecule has 0 bridgehead atoms. The first kappa shape index (κ1) is 22.6. The van der Waals surface area contributed by atoms with Crippen LogP contribution in [-0.2, 0) is 13.0 Å². The molecule has 11 nitrogen and oxygen atoms in total. The highest BCUT2D eigenvalue weighted by atomic mass is 19.1. The summed E-state index contributed by atoms with van der Waals surface area (Å²) in [6, 6.07) is 13.2. The van der Waals surface area contributed by atoms with E-state index in [9.17, 15) is 9.18 Å². The van der Waals surface area contributed by atoms with E-state index in [0.717, 1.165) is 17.5 Å². The Labute approximate surface area is 193 Å². The van der Waals surface area contributed by atoms with Gasteiger partial charge in [-0.15, -0.1) is 5.10 Å². The number of aromatic nitrogens is 5. The minimum atomic E-state index is -0.528. The normalized spacial score (nSPS) is 11.1. The molecule has 0 atom stereocenters. The van der Waals surface area contributed by atoms with Gasteiger partial charge >= 0.3 is 0 Å². The molecule has 12 heteroatoms. The number of nitrogens with one attached hydrogen (secondary N) is 1. The van der Waals surface area contributed by atoms with Gasteiger partial charge in [0.1, 0.15) is 18.2 Å². The second-order valence-corrected chi connectivity index (χ2v) is 7.20. The fourth-order valence-electron chi connectivity index (χ4n) is 3.06. The van der Waals surface area contributed by atoms with E-state index in [-0.39, 0.29) is 23.1 Å². The van der Waals surface area contributed by atoms with Gasteiger partial charge in [0.2, 0.25) is 11.6 Å². The molecule has 0 fully saturated rings. The summed E-state index contributed by atoms with van der Waals surface area (Å²) in [5.74, 6) is 0.0355. The summed E-state index contributed by atoms with van der Waals surface area (Å²) in [4.78, 5) is 12.6. The number of anilines is 1. The summed E-state index contributed by atoms with van der Waals surface area (Å²) >= 11 is 0. The fraction of sp³-hybridized carbons (Fsp3) is 0.182. The van der Waals surface area contributed by atoms with E-state index >= 15 is 0 Å². The zero-order valence-electron chi connectivity index (χ0n) is 18.2. The zero-order valence-corrected chi connectivity index (χ0v) is 18.2. The molecule has 2 aromatic heterocycles. The third-order valence-corrected chi connectivity index (χ3v) is 4.74. The number of nitrogens with zero attached hydrogens (tertiary/aromatic N) is 6. The number of hydrogen-bond donors (Lipinski definition) is 2. The van der Waals surface area contributed by atoms with Crippen LogP contribution in [0.1, 0.15) is 40.7 Å². The van der Waals surface area contributed by atoms with Crippen LogP contribution in [0.5, 0.6) is 5.75 Å². The number of hydrogen-bond acceptors (Lipinski definition) is 9. The number of nitrogens with two attached hydrogens (primary N) is 1. The molecule has 0 saturated carbocycles. The van der Waals surface area contributed by atoms with Gasteiger partial charge in [0.15, 0.2) is 5.69 Å². The van der Waals surface area contributed by atoms with Crippen LogP contribution in [0.25, 0.3) is 5.82 Å². The maximum absolute atomic E-state index is 13.0. The smallest absolute Gasteiger partial charge is 0.293 e. The summed E-state index contributed by atoms with van der Waals surface area (Å²) in [5, 5.41) is 19.1. The lowest BCUT2D eigenvalue weighted by molar-refractivity contribution is 0.0949. The average molecular weight is 464 g/mol. The van der Waals surface area contributed by atoms with Crippen molar-refractivity contribution in [2.45, 2.75) is 26.4 Å². The van der Waals surface area contributed by atoms with Crippen molar-refractivity contribution in [3.05, 3.63) is 76.9 Å². The van der Waals surface area contributed by atoms with Crippen LogP contribution in [0.4, 0.5) is 10.2 Å². The third kappa shape index (κ3) is 5.23. The Balaban J connectivity index is 1.37. The SMILES string of the molecule is CCCc1c(C(=O)NN=Cc2ccc(OCc3ccc(F)cc3)cc2)nnn1-c1nonc1N. The van der Waals surface area contributed by atoms with E-state index in [1.807, 2.05) is 6.92 Å². The highest BCUT2D eigenvalue weighted by Gasteiger charge is 2.23. The van der Waals surface area contributed by atoms with Gasteiger partial charge in [-0.05, 0) is 64.3 Å². The van der Waals surface area contributed by atoms with Crippen molar-refractivity contribution in [3.63, 3.8) is 0 Å². The number of carbonyl (C=O) groups excluding carboxylic acids is 1. The largest absolute Gasteiger partial charge is 0.489 e. The van der Waals surface area contributed by atoms with E-state index < -0.39 is 5.91 Å². The first-order chi connectivity index (χ1) is 16.5. The number of nitrogen functional groups attached to an aromatic ring is 1. The molecule has 3 N–H and O–H groups in total. The van der Waals surface area contributed by atoms with Crippen molar-refractivity contribution in [1.29, 1.82) is 0 Å². The minimum Gasteiger partial charge on any atom is -0.489 e. The molecular weight excluding hydrogens is 443 g/mol. The van der Waals surface area contributed by atoms with Crippen molar-refractivity contribution >= 4 is 17.9 Å². The van der Waals surface area contributed by atoms with Gasteiger partial charge in [-0.25, -0.2) is 14.4 Å². The number of hydrazone groups is 1. The molecule has 4 rings (SSSR count). The number of carbonyl (C=O) groups is 1. The fourth-order valence-corrected chi connectivity index (χ4v) is 3.06. The van der Waals surface area contributed by atoms with Crippen molar-refractivity contribution in [2.75, 3.05) is 5.73 Å².